The van der Waals surface area contributed by atoms with Crippen molar-refractivity contribution in [1.82, 2.24) is 9.36 Å². The molecular weight excluding hydrogens is 274 g/mol. The molecule has 3 rings (SSSR count). The molecular formula is C13H15N5O3. The first kappa shape index (κ1) is 13.2. The number of carbonyl (C=O) groups is 1. The van der Waals surface area contributed by atoms with Crippen molar-refractivity contribution in [3.8, 4) is 0 Å². The van der Waals surface area contributed by atoms with E-state index < -0.39 is 0 Å². The van der Waals surface area contributed by atoms with Gasteiger partial charge in [-0.2, -0.15) is 0 Å². The molecule has 2 heterocycles. The number of aliphatic imine (C=N–C) groups is 1. The molecule has 110 valence electrons. The SMILES string of the molecule is COC1=C/C(=N\c2c(N)n3n(c2=O)CCC3)C(N)=CC1=O. The van der Waals surface area contributed by atoms with Crippen LogP contribution in [-0.4, -0.2) is 28.0 Å². The van der Waals surface area contributed by atoms with E-state index in [1.807, 2.05) is 0 Å². The van der Waals surface area contributed by atoms with Crippen molar-refractivity contribution < 1.29 is 9.53 Å². The molecule has 0 radical (unpaired) electrons. The monoisotopic (exact) mass is 289 g/mol. The van der Waals surface area contributed by atoms with E-state index in [2.05, 4.69) is 4.99 Å². The summed E-state index contributed by atoms with van der Waals surface area (Å²) in [5.74, 6) is 0.0912. The number of nitrogen functional groups attached to an aromatic ring is 1. The van der Waals surface area contributed by atoms with Crippen LogP contribution in [0.5, 0.6) is 0 Å². The van der Waals surface area contributed by atoms with Gasteiger partial charge in [-0.15, -0.1) is 0 Å². The lowest BCUT2D eigenvalue weighted by atomic mass is 10.1. The van der Waals surface area contributed by atoms with E-state index in [9.17, 15) is 9.59 Å². The fourth-order valence-corrected chi connectivity index (χ4v) is 2.47. The molecule has 0 fully saturated rings. The number of hydrogen-bond acceptors (Lipinski definition) is 6. The minimum Gasteiger partial charge on any atom is -0.493 e. The molecule has 1 aromatic rings. The number of rotatable bonds is 2. The maximum absolute atomic E-state index is 12.3. The Labute approximate surface area is 120 Å². The number of ether oxygens (including phenoxy) is 1. The molecule has 8 heteroatoms. The Morgan fingerprint density at radius 1 is 1.19 bits per heavy atom. The maximum atomic E-state index is 12.3. The van der Waals surface area contributed by atoms with E-state index in [1.165, 1.54) is 19.3 Å². The number of hydrogen-bond donors (Lipinski definition) is 2. The highest BCUT2D eigenvalue weighted by Gasteiger charge is 2.23. The highest BCUT2D eigenvalue weighted by Crippen LogP contribution is 2.23. The topological polar surface area (TPSA) is 118 Å². The molecule has 1 aliphatic carbocycles. The Morgan fingerprint density at radius 3 is 2.57 bits per heavy atom. The largest absolute Gasteiger partial charge is 0.493 e. The van der Waals surface area contributed by atoms with Gasteiger partial charge in [0.2, 0.25) is 5.78 Å². The summed E-state index contributed by atoms with van der Waals surface area (Å²) >= 11 is 0. The van der Waals surface area contributed by atoms with Crippen molar-refractivity contribution in [2.45, 2.75) is 19.5 Å². The molecule has 2 aliphatic rings. The highest BCUT2D eigenvalue weighted by atomic mass is 16.5. The van der Waals surface area contributed by atoms with Gasteiger partial charge in [-0.05, 0) is 6.42 Å². The number of fused-ring (bicyclic) bond motifs is 1. The predicted molar refractivity (Wildman–Crippen MR) is 77.2 cm³/mol. The zero-order valence-electron chi connectivity index (χ0n) is 11.5. The third-order valence-electron chi connectivity index (χ3n) is 3.53. The number of nitrogens with two attached hydrogens (primary N) is 2. The molecule has 0 saturated carbocycles. The molecule has 0 spiro atoms. The summed E-state index contributed by atoms with van der Waals surface area (Å²) in [7, 11) is 1.38. The molecule has 1 aromatic heterocycles. The fourth-order valence-electron chi connectivity index (χ4n) is 2.47. The van der Waals surface area contributed by atoms with Gasteiger partial charge in [0, 0.05) is 25.2 Å². The zero-order valence-corrected chi connectivity index (χ0v) is 11.5. The summed E-state index contributed by atoms with van der Waals surface area (Å²) in [5.41, 5.74) is 12.1. The van der Waals surface area contributed by atoms with Crippen LogP contribution >= 0.6 is 0 Å². The van der Waals surface area contributed by atoms with Crippen LogP contribution in [0.25, 0.3) is 0 Å². The Hall–Kier alpha value is -2.77. The highest BCUT2D eigenvalue weighted by molar-refractivity contribution is 6.21. The quantitative estimate of drug-likeness (QED) is 0.722. The Bertz CT molecular complexity index is 778. The standard InChI is InChI=1S/C13H15N5O3/c1-21-10-6-8(7(14)5-9(10)19)16-11-12(15)17-3-2-4-18(17)13(11)20/h5-6H,2-4,14-15H2,1H3/b16-8+. The van der Waals surface area contributed by atoms with Crippen LogP contribution in [0.2, 0.25) is 0 Å². The third kappa shape index (κ3) is 1.95. The van der Waals surface area contributed by atoms with Gasteiger partial charge in [-0.3, -0.25) is 14.3 Å². The fraction of sp³-hybridized carbons (Fsp3) is 0.308. The van der Waals surface area contributed by atoms with Crippen molar-refractivity contribution in [2.24, 2.45) is 10.7 Å². The van der Waals surface area contributed by atoms with Crippen molar-refractivity contribution >= 4 is 23.0 Å². The lowest BCUT2D eigenvalue weighted by Gasteiger charge is -2.10. The number of carbonyl (C=O) groups excluding carboxylic acids is 1. The maximum Gasteiger partial charge on any atom is 0.294 e. The van der Waals surface area contributed by atoms with Gasteiger partial charge in [-0.25, -0.2) is 9.67 Å². The second-order valence-corrected chi connectivity index (χ2v) is 4.81. The average Bonchev–Trinajstić information content (AvgIpc) is 3.01. The summed E-state index contributed by atoms with van der Waals surface area (Å²) in [6.45, 7) is 1.31. The summed E-state index contributed by atoms with van der Waals surface area (Å²) in [6.07, 6.45) is 3.50. The minimum absolute atomic E-state index is 0.119. The lowest BCUT2D eigenvalue weighted by Crippen LogP contribution is -2.20. The molecule has 21 heavy (non-hydrogen) atoms. The molecule has 0 bridgehead atoms. The number of methoxy groups -OCH3 is 1. The summed E-state index contributed by atoms with van der Waals surface area (Å²) in [6, 6.07) is 0. The number of anilines is 1. The van der Waals surface area contributed by atoms with Gasteiger partial charge < -0.3 is 16.2 Å². The molecule has 1 aliphatic heterocycles. The lowest BCUT2D eigenvalue weighted by molar-refractivity contribution is -0.114. The van der Waals surface area contributed by atoms with E-state index in [1.54, 1.807) is 9.36 Å². The first-order valence-electron chi connectivity index (χ1n) is 6.48. The van der Waals surface area contributed by atoms with Crippen LogP contribution < -0.4 is 17.0 Å². The Kier molecular flexibility index (Phi) is 2.93. The molecule has 0 aromatic carbocycles. The van der Waals surface area contributed by atoms with Crippen LogP contribution in [0.1, 0.15) is 6.42 Å². The van der Waals surface area contributed by atoms with Crippen molar-refractivity contribution in [3.05, 3.63) is 34.0 Å². The van der Waals surface area contributed by atoms with E-state index in [4.69, 9.17) is 16.2 Å². The van der Waals surface area contributed by atoms with Gasteiger partial charge >= 0.3 is 0 Å². The van der Waals surface area contributed by atoms with Crippen LogP contribution in [0.3, 0.4) is 0 Å². The van der Waals surface area contributed by atoms with Crippen molar-refractivity contribution in [1.29, 1.82) is 0 Å². The van der Waals surface area contributed by atoms with Crippen LogP contribution in [0.15, 0.2) is 33.4 Å². The average molecular weight is 289 g/mol. The summed E-state index contributed by atoms with van der Waals surface area (Å²) in [5, 5.41) is 0. The molecule has 4 N–H and O–H groups in total. The van der Waals surface area contributed by atoms with Crippen LogP contribution in [0, 0.1) is 0 Å². The van der Waals surface area contributed by atoms with E-state index in [-0.39, 0.29) is 28.5 Å². The normalized spacial score (nSPS) is 19.5. The number of allylic oxidation sites excluding steroid dienone is 2. The zero-order chi connectivity index (χ0) is 15.1. The molecule has 0 saturated heterocycles. The van der Waals surface area contributed by atoms with Crippen LogP contribution in [-0.2, 0) is 22.6 Å². The summed E-state index contributed by atoms with van der Waals surface area (Å²) in [4.78, 5) is 28.1. The van der Waals surface area contributed by atoms with Crippen molar-refractivity contribution in [2.75, 3.05) is 12.8 Å². The van der Waals surface area contributed by atoms with Gasteiger partial charge in [0.25, 0.3) is 5.56 Å². The van der Waals surface area contributed by atoms with E-state index in [0.717, 1.165) is 6.42 Å². The molecule has 0 unspecified atom stereocenters. The van der Waals surface area contributed by atoms with E-state index >= 15 is 0 Å². The van der Waals surface area contributed by atoms with Crippen LogP contribution in [0.4, 0.5) is 11.5 Å². The summed E-state index contributed by atoms with van der Waals surface area (Å²) < 4.78 is 8.22. The van der Waals surface area contributed by atoms with Gasteiger partial charge in [-0.1, -0.05) is 0 Å². The minimum atomic E-state index is -0.335. The molecule has 0 amide bonds. The third-order valence-corrected chi connectivity index (χ3v) is 3.53. The number of ketones is 1. The first-order chi connectivity index (χ1) is 10.0. The Morgan fingerprint density at radius 2 is 1.90 bits per heavy atom. The molecule has 0 atom stereocenters. The number of nitrogens with zero attached hydrogens (tertiary/aromatic N) is 3. The second-order valence-electron chi connectivity index (χ2n) is 4.81. The second kappa shape index (κ2) is 4.65. The van der Waals surface area contributed by atoms with Gasteiger partial charge in [0.05, 0.1) is 18.5 Å². The Balaban J connectivity index is 2.11. The first-order valence-corrected chi connectivity index (χ1v) is 6.48. The van der Waals surface area contributed by atoms with Gasteiger partial charge in [0.15, 0.2) is 17.3 Å². The van der Waals surface area contributed by atoms with E-state index in [0.29, 0.717) is 24.6 Å². The predicted octanol–water partition coefficient (Wildman–Crippen LogP) is -0.336. The van der Waals surface area contributed by atoms with Crippen molar-refractivity contribution in [3.63, 3.8) is 0 Å². The smallest absolute Gasteiger partial charge is 0.294 e. The number of aromatic nitrogens is 2. The molecule has 8 nitrogen and oxygen atoms in total. The van der Waals surface area contributed by atoms with Gasteiger partial charge in [0.1, 0.15) is 0 Å².